The maximum Gasteiger partial charge on any atom is 0.419 e. The van der Waals surface area contributed by atoms with E-state index in [-0.39, 0.29) is 17.6 Å². The highest BCUT2D eigenvalue weighted by Gasteiger charge is 2.36. The van der Waals surface area contributed by atoms with Crippen LogP contribution >= 0.6 is 23.2 Å². The molecule has 3 amide bonds. The van der Waals surface area contributed by atoms with Crippen LogP contribution in [0.2, 0.25) is 10.0 Å². The number of carbonyl (C=O) groups excluding carboxylic acids is 3. The van der Waals surface area contributed by atoms with Gasteiger partial charge in [0, 0.05) is 46.5 Å². The normalized spacial score (nSPS) is 17.7. The van der Waals surface area contributed by atoms with Crippen LogP contribution in [0.3, 0.4) is 0 Å². The van der Waals surface area contributed by atoms with Crippen LogP contribution < -0.4 is 10.1 Å². The van der Waals surface area contributed by atoms with E-state index >= 15 is 0 Å². The summed E-state index contributed by atoms with van der Waals surface area (Å²) in [5.41, 5.74) is 2.72. The minimum atomic E-state index is -0.886. The Hall–Kier alpha value is -3.42. The molecule has 39 heavy (non-hydrogen) atoms. The minimum absolute atomic E-state index is 0.0965. The summed E-state index contributed by atoms with van der Waals surface area (Å²) in [4.78, 5) is 43.3. The third-order valence-corrected chi connectivity index (χ3v) is 8.19. The third-order valence-electron chi connectivity index (χ3n) is 7.51. The number of amides is 3. The largest absolute Gasteiger partial charge is 0.419 e. The molecule has 1 aliphatic heterocycles. The molecule has 1 unspecified atom stereocenters. The average molecular weight is 566 g/mol. The van der Waals surface area contributed by atoms with E-state index in [9.17, 15) is 14.4 Å². The first kappa shape index (κ1) is 27.2. The van der Waals surface area contributed by atoms with Crippen molar-refractivity contribution in [2.24, 2.45) is 5.92 Å². The summed E-state index contributed by atoms with van der Waals surface area (Å²) in [6.45, 7) is 0.811. The summed E-state index contributed by atoms with van der Waals surface area (Å²) in [5.74, 6) is -0.180. The van der Waals surface area contributed by atoms with E-state index in [0.717, 1.165) is 42.5 Å². The molecule has 2 aromatic carbocycles. The molecule has 9 heteroatoms. The molecule has 1 N–H and O–H groups in total. The van der Waals surface area contributed by atoms with Gasteiger partial charge in [0.1, 0.15) is 5.75 Å². The van der Waals surface area contributed by atoms with E-state index in [4.69, 9.17) is 27.9 Å². The molecule has 2 heterocycles. The van der Waals surface area contributed by atoms with Crippen LogP contribution in [0.4, 0.5) is 4.79 Å². The molecule has 7 nitrogen and oxygen atoms in total. The number of imide groups is 1. The van der Waals surface area contributed by atoms with Gasteiger partial charge in [0.2, 0.25) is 5.91 Å². The second-order valence-corrected chi connectivity index (χ2v) is 10.8. The number of halogens is 2. The molecule has 1 saturated heterocycles. The Labute approximate surface area is 237 Å². The van der Waals surface area contributed by atoms with Crippen molar-refractivity contribution in [3.63, 3.8) is 0 Å². The van der Waals surface area contributed by atoms with Gasteiger partial charge in [-0.15, -0.1) is 0 Å². The van der Waals surface area contributed by atoms with E-state index in [1.54, 1.807) is 24.3 Å². The Morgan fingerprint density at radius 2 is 1.59 bits per heavy atom. The zero-order valence-electron chi connectivity index (χ0n) is 21.4. The molecule has 2 aliphatic rings. The lowest BCUT2D eigenvalue weighted by molar-refractivity contribution is -0.133. The van der Waals surface area contributed by atoms with Crippen LogP contribution in [0.1, 0.15) is 54.4 Å². The van der Waals surface area contributed by atoms with Gasteiger partial charge < -0.3 is 9.64 Å². The second kappa shape index (κ2) is 12.2. The topological polar surface area (TPSA) is 88.6 Å². The highest BCUT2D eigenvalue weighted by molar-refractivity contribution is 6.36. The highest BCUT2D eigenvalue weighted by atomic mass is 35.5. The second-order valence-electron chi connectivity index (χ2n) is 10.0. The Kier molecular flexibility index (Phi) is 8.48. The van der Waals surface area contributed by atoms with Gasteiger partial charge in [-0.1, -0.05) is 54.6 Å². The molecular weight excluding hydrogens is 537 g/mol. The van der Waals surface area contributed by atoms with E-state index < -0.39 is 12.0 Å². The number of nitrogens with zero attached hydrogens (tertiary/aromatic N) is 2. The van der Waals surface area contributed by atoms with Crippen LogP contribution in [0.25, 0.3) is 11.1 Å². The molecule has 1 aliphatic carbocycles. The summed E-state index contributed by atoms with van der Waals surface area (Å²) in [6.07, 6.45) is 9.26. The van der Waals surface area contributed by atoms with Crippen molar-refractivity contribution in [2.45, 2.75) is 51.0 Å². The fraction of sp³-hybridized carbons (Fsp3) is 0.333. The molecule has 2 fully saturated rings. The average Bonchev–Trinajstić information content (AvgIpc) is 3.31. The van der Waals surface area contributed by atoms with Gasteiger partial charge in [-0.3, -0.25) is 19.9 Å². The fourth-order valence-corrected chi connectivity index (χ4v) is 6.08. The molecule has 0 bridgehead atoms. The lowest BCUT2D eigenvalue weighted by Gasteiger charge is -2.31. The summed E-state index contributed by atoms with van der Waals surface area (Å²) in [5, 5.41) is 3.22. The smallest absolute Gasteiger partial charge is 0.410 e. The van der Waals surface area contributed by atoms with Gasteiger partial charge in [0.15, 0.2) is 0 Å². The molecule has 0 radical (unpaired) electrons. The van der Waals surface area contributed by atoms with E-state index in [0.29, 0.717) is 28.1 Å². The van der Waals surface area contributed by atoms with Gasteiger partial charge in [0.25, 0.3) is 5.91 Å². The first-order valence-electron chi connectivity index (χ1n) is 13.2. The van der Waals surface area contributed by atoms with Crippen molar-refractivity contribution in [3.05, 3.63) is 82.1 Å². The lowest BCUT2D eigenvalue weighted by Crippen LogP contribution is -2.39. The van der Waals surface area contributed by atoms with Crippen LogP contribution in [0.5, 0.6) is 5.75 Å². The summed E-state index contributed by atoms with van der Waals surface area (Å²) in [7, 11) is 0. The number of ether oxygens (including phenoxy) is 1. The number of carbonyl (C=O) groups is 3. The number of nitrogens with one attached hydrogen (secondary N) is 1. The number of aromatic nitrogens is 1. The van der Waals surface area contributed by atoms with Crippen LogP contribution in [0, 0.1) is 5.92 Å². The monoisotopic (exact) mass is 565 g/mol. The molecule has 1 aromatic heterocycles. The quantitative estimate of drug-likeness (QED) is 0.359. The van der Waals surface area contributed by atoms with Gasteiger partial charge >= 0.3 is 6.09 Å². The molecule has 202 valence electrons. The van der Waals surface area contributed by atoms with Gasteiger partial charge in [-0.2, -0.15) is 0 Å². The van der Waals surface area contributed by atoms with E-state index in [1.807, 2.05) is 12.1 Å². The zero-order valence-corrected chi connectivity index (χ0v) is 22.9. The molecule has 3 aromatic rings. The van der Waals surface area contributed by atoms with E-state index in [1.165, 1.54) is 43.8 Å². The number of hydrogen-bond acceptors (Lipinski definition) is 5. The predicted octanol–water partition coefficient (Wildman–Crippen LogP) is 6.71. The molecule has 1 saturated carbocycles. The Morgan fingerprint density at radius 1 is 0.923 bits per heavy atom. The first-order valence-corrected chi connectivity index (χ1v) is 14.0. The van der Waals surface area contributed by atoms with Crippen molar-refractivity contribution in [3.8, 4) is 16.9 Å². The minimum Gasteiger partial charge on any atom is -0.410 e. The predicted molar refractivity (Wildman–Crippen MR) is 150 cm³/mol. The van der Waals surface area contributed by atoms with Crippen molar-refractivity contribution in [1.29, 1.82) is 0 Å². The number of likely N-dealkylation sites (tertiary alicyclic amines) is 1. The Bertz CT molecular complexity index is 1340. The summed E-state index contributed by atoms with van der Waals surface area (Å²) >= 11 is 13.3. The Morgan fingerprint density at radius 3 is 2.26 bits per heavy atom. The summed E-state index contributed by atoms with van der Waals surface area (Å²) in [6, 6.07) is 13.9. The Balaban J connectivity index is 1.21. The lowest BCUT2D eigenvalue weighted by atomic mass is 9.93. The van der Waals surface area contributed by atoms with Crippen molar-refractivity contribution in [1.82, 2.24) is 15.2 Å². The van der Waals surface area contributed by atoms with Crippen molar-refractivity contribution < 1.29 is 19.1 Å². The van der Waals surface area contributed by atoms with Gasteiger partial charge in [-0.25, -0.2) is 4.79 Å². The van der Waals surface area contributed by atoms with Crippen molar-refractivity contribution >= 4 is 41.1 Å². The molecule has 0 spiro atoms. The maximum absolute atomic E-state index is 13.1. The fourth-order valence-electron chi connectivity index (χ4n) is 5.43. The van der Waals surface area contributed by atoms with Crippen molar-refractivity contribution in [2.75, 3.05) is 6.54 Å². The number of pyridine rings is 1. The van der Waals surface area contributed by atoms with Gasteiger partial charge in [-0.05, 0) is 78.8 Å². The van der Waals surface area contributed by atoms with Crippen LogP contribution in [0.15, 0.2) is 60.9 Å². The SMILES string of the molecule is O=C(NC(=O)c1ccncc1)Oc1ccc(-c2cc(Cl)c(CC3CCN(C4CCCCC4)C3=O)c(Cl)c2)cc1. The van der Waals surface area contributed by atoms with Crippen LogP contribution in [-0.2, 0) is 11.2 Å². The zero-order chi connectivity index (χ0) is 27.4. The highest BCUT2D eigenvalue weighted by Crippen LogP contribution is 2.37. The summed E-state index contributed by atoms with van der Waals surface area (Å²) < 4.78 is 5.23. The molecule has 5 rings (SSSR count). The van der Waals surface area contributed by atoms with E-state index in [2.05, 4.69) is 15.2 Å². The standard InChI is InChI=1S/C30H29Cl2N3O4/c31-26-17-22(18-27(32)25(26)16-21-12-15-35(29(21)37)23-4-2-1-3-5-23)19-6-8-24(9-7-19)39-30(38)34-28(36)20-10-13-33-14-11-20/h6-11,13-14,17-18,21,23H,1-5,12,15-16H2,(H,34,36,38). The molecule has 1 atom stereocenters. The maximum atomic E-state index is 13.1. The third kappa shape index (κ3) is 6.43. The molecular formula is C30H29Cl2N3O4. The number of benzene rings is 2. The van der Waals surface area contributed by atoms with Crippen LogP contribution in [-0.4, -0.2) is 40.4 Å². The number of hydrogen-bond donors (Lipinski definition) is 1. The van der Waals surface area contributed by atoms with Gasteiger partial charge in [0.05, 0.1) is 0 Å². The first-order chi connectivity index (χ1) is 18.9. The number of rotatable bonds is 6.